The van der Waals surface area contributed by atoms with Crippen LogP contribution in [0.4, 0.5) is 10.7 Å². The van der Waals surface area contributed by atoms with E-state index in [4.69, 9.17) is 9.72 Å². The molecule has 4 rings (SSSR count). The second-order valence-corrected chi connectivity index (χ2v) is 7.45. The van der Waals surface area contributed by atoms with Crippen molar-refractivity contribution in [1.82, 2.24) is 20.2 Å². The first kappa shape index (κ1) is 18.7. The lowest BCUT2D eigenvalue weighted by Gasteiger charge is -2.30. The largest absolute Gasteiger partial charge is 0.381 e. The standard InChI is InChI=1S/C21H27N5O2/c1-15(16-5-3-2-4-6-16)23-21(27)26-10-7-17-13-22-20(25-19(17)14-26)24-18-8-11-28-12-9-18/h2-6,13,15,18H,7-12,14H2,1H3,(H,23,27)(H,22,24,25)/t15-/m0/s1. The van der Waals surface area contributed by atoms with Crippen LogP contribution in [0.3, 0.4) is 0 Å². The van der Waals surface area contributed by atoms with Gasteiger partial charge in [-0.1, -0.05) is 30.3 Å². The fraction of sp³-hybridized carbons (Fsp3) is 0.476. The first-order valence-electron chi connectivity index (χ1n) is 9.98. The second-order valence-electron chi connectivity index (χ2n) is 7.45. The number of nitrogens with one attached hydrogen (secondary N) is 2. The maximum atomic E-state index is 12.7. The minimum Gasteiger partial charge on any atom is -0.381 e. The summed E-state index contributed by atoms with van der Waals surface area (Å²) in [6, 6.07) is 10.3. The van der Waals surface area contributed by atoms with Crippen molar-refractivity contribution in [1.29, 1.82) is 0 Å². The van der Waals surface area contributed by atoms with E-state index in [9.17, 15) is 4.79 Å². The van der Waals surface area contributed by atoms with Gasteiger partial charge in [-0.05, 0) is 37.3 Å². The number of amides is 2. The van der Waals surface area contributed by atoms with E-state index in [-0.39, 0.29) is 12.1 Å². The number of hydrogen-bond donors (Lipinski definition) is 2. The number of fused-ring (bicyclic) bond motifs is 1. The lowest BCUT2D eigenvalue weighted by Crippen LogP contribution is -2.44. The Bertz CT molecular complexity index is 808. The summed E-state index contributed by atoms with van der Waals surface area (Å²) in [4.78, 5) is 23.7. The van der Waals surface area contributed by atoms with Crippen LogP contribution < -0.4 is 10.6 Å². The summed E-state index contributed by atoms with van der Waals surface area (Å²) >= 11 is 0. The van der Waals surface area contributed by atoms with Crippen LogP contribution in [-0.4, -0.2) is 46.7 Å². The molecule has 0 bridgehead atoms. The molecule has 2 N–H and O–H groups in total. The quantitative estimate of drug-likeness (QED) is 0.851. The molecule has 0 unspecified atom stereocenters. The molecule has 2 aliphatic rings. The monoisotopic (exact) mass is 381 g/mol. The maximum Gasteiger partial charge on any atom is 0.318 e. The molecule has 3 heterocycles. The van der Waals surface area contributed by atoms with Crippen molar-refractivity contribution >= 4 is 12.0 Å². The molecular formula is C21H27N5O2. The molecular weight excluding hydrogens is 354 g/mol. The molecule has 0 radical (unpaired) electrons. The van der Waals surface area contributed by atoms with Crippen LogP contribution >= 0.6 is 0 Å². The summed E-state index contributed by atoms with van der Waals surface area (Å²) in [6.07, 6.45) is 4.60. The Kier molecular flexibility index (Phi) is 5.71. The summed E-state index contributed by atoms with van der Waals surface area (Å²) in [5.74, 6) is 0.644. The van der Waals surface area contributed by atoms with Crippen molar-refractivity contribution < 1.29 is 9.53 Å². The minimum absolute atomic E-state index is 0.0359. The van der Waals surface area contributed by atoms with Crippen molar-refractivity contribution in [2.75, 3.05) is 25.1 Å². The van der Waals surface area contributed by atoms with Crippen molar-refractivity contribution in [3.8, 4) is 0 Å². The van der Waals surface area contributed by atoms with Crippen LogP contribution in [0.2, 0.25) is 0 Å². The van der Waals surface area contributed by atoms with Crippen LogP contribution in [0.25, 0.3) is 0 Å². The van der Waals surface area contributed by atoms with Gasteiger partial charge in [0.25, 0.3) is 0 Å². The first-order valence-corrected chi connectivity index (χ1v) is 9.98. The minimum atomic E-state index is -0.0560. The molecule has 2 aliphatic heterocycles. The number of urea groups is 1. The summed E-state index contributed by atoms with van der Waals surface area (Å²) in [6.45, 7) is 4.74. The highest BCUT2D eigenvalue weighted by atomic mass is 16.5. The van der Waals surface area contributed by atoms with Crippen LogP contribution in [0.1, 0.15) is 42.6 Å². The summed E-state index contributed by atoms with van der Waals surface area (Å²) in [7, 11) is 0. The van der Waals surface area contributed by atoms with Gasteiger partial charge in [0.15, 0.2) is 0 Å². The molecule has 28 heavy (non-hydrogen) atoms. The number of aromatic nitrogens is 2. The Hall–Kier alpha value is -2.67. The third-order valence-corrected chi connectivity index (χ3v) is 5.43. The van der Waals surface area contributed by atoms with Gasteiger partial charge < -0.3 is 20.3 Å². The Morgan fingerprint density at radius 1 is 1.25 bits per heavy atom. The van der Waals surface area contributed by atoms with E-state index in [0.29, 0.717) is 25.1 Å². The number of rotatable bonds is 4. The lowest BCUT2D eigenvalue weighted by molar-refractivity contribution is 0.0903. The van der Waals surface area contributed by atoms with Gasteiger partial charge in [-0.3, -0.25) is 0 Å². The highest BCUT2D eigenvalue weighted by Gasteiger charge is 2.24. The number of hydrogen-bond acceptors (Lipinski definition) is 5. The summed E-state index contributed by atoms with van der Waals surface area (Å²) in [5.41, 5.74) is 3.15. The SMILES string of the molecule is C[C@H](NC(=O)N1CCc2cnc(NC3CCOCC3)nc2C1)c1ccccc1. The van der Waals surface area contributed by atoms with E-state index in [1.807, 2.05) is 48.4 Å². The molecule has 148 valence electrons. The maximum absolute atomic E-state index is 12.7. The Labute approximate surface area is 165 Å². The lowest BCUT2D eigenvalue weighted by atomic mass is 10.1. The second kappa shape index (κ2) is 8.56. The molecule has 0 saturated carbocycles. The molecule has 0 aliphatic carbocycles. The number of anilines is 1. The van der Waals surface area contributed by atoms with E-state index >= 15 is 0 Å². The van der Waals surface area contributed by atoms with Crippen LogP contribution in [0, 0.1) is 0 Å². The van der Waals surface area contributed by atoms with Gasteiger partial charge in [0.2, 0.25) is 5.95 Å². The molecule has 7 nitrogen and oxygen atoms in total. The topological polar surface area (TPSA) is 79.4 Å². The van der Waals surface area contributed by atoms with Gasteiger partial charge >= 0.3 is 6.03 Å². The van der Waals surface area contributed by atoms with Crippen molar-refractivity contribution in [2.24, 2.45) is 0 Å². The van der Waals surface area contributed by atoms with E-state index in [0.717, 1.165) is 49.3 Å². The van der Waals surface area contributed by atoms with Crippen molar-refractivity contribution in [3.63, 3.8) is 0 Å². The highest BCUT2D eigenvalue weighted by molar-refractivity contribution is 5.75. The third-order valence-electron chi connectivity index (χ3n) is 5.43. The van der Waals surface area contributed by atoms with Gasteiger partial charge in [-0.25, -0.2) is 14.8 Å². The molecule has 0 spiro atoms. The van der Waals surface area contributed by atoms with Crippen molar-refractivity contribution in [3.05, 3.63) is 53.3 Å². The molecule has 2 aromatic rings. The molecule has 1 saturated heterocycles. The van der Waals surface area contributed by atoms with Crippen LogP contribution in [0.15, 0.2) is 36.5 Å². The van der Waals surface area contributed by atoms with Gasteiger partial charge in [0, 0.05) is 32.0 Å². The van der Waals surface area contributed by atoms with E-state index in [1.165, 1.54) is 0 Å². The number of ether oxygens (including phenoxy) is 1. The normalized spacial score (nSPS) is 18.2. The van der Waals surface area contributed by atoms with Gasteiger partial charge in [-0.2, -0.15) is 0 Å². The van der Waals surface area contributed by atoms with E-state index in [2.05, 4.69) is 15.6 Å². The number of benzene rings is 1. The third kappa shape index (κ3) is 4.42. The highest BCUT2D eigenvalue weighted by Crippen LogP contribution is 2.20. The fourth-order valence-corrected chi connectivity index (χ4v) is 3.67. The number of nitrogens with zero attached hydrogens (tertiary/aromatic N) is 3. The average molecular weight is 381 g/mol. The molecule has 1 aromatic heterocycles. The summed E-state index contributed by atoms with van der Waals surface area (Å²) < 4.78 is 5.40. The summed E-state index contributed by atoms with van der Waals surface area (Å²) in [5, 5.41) is 6.50. The predicted octanol–water partition coefficient (Wildman–Crippen LogP) is 2.90. The Morgan fingerprint density at radius 3 is 2.82 bits per heavy atom. The van der Waals surface area contributed by atoms with Crippen LogP contribution in [0.5, 0.6) is 0 Å². The predicted molar refractivity (Wildman–Crippen MR) is 107 cm³/mol. The van der Waals surface area contributed by atoms with Gasteiger partial charge in [0.1, 0.15) is 0 Å². The molecule has 7 heteroatoms. The fourth-order valence-electron chi connectivity index (χ4n) is 3.67. The number of carbonyl (C=O) groups is 1. The van der Waals surface area contributed by atoms with Crippen molar-refractivity contribution in [2.45, 2.75) is 44.8 Å². The smallest absolute Gasteiger partial charge is 0.318 e. The zero-order valence-electron chi connectivity index (χ0n) is 16.2. The first-order chi connectivity index (χ1) is 13.7. The van der Waals surface area contributed by atoms with Crippen LogP contribution in [-0.2, 0) is 17.7 Å². The average Bonchev–Trinajstić information content (AvgIpc) is 2.74. The molecule has 2 amide bonds. The van der Waals surface area contributed by atoms with E-state index < -0.39 is 0 Å². The zero-order chi connectivity index (χ0) is 19.3. The Morgan fingerprint density at radius 2 is 2.04 bits per heavy atom. The van der Waals surface area contributed by atoms with E-state index in [1.54, 1.807) is 0 Å². The van der Waals surface area contributed by atoms with Gasteiger partial charge in [-0.15, -0.1) is 0 Å². The Balaban J connectivity index is 1.39. The molecule has 1 aromatic carbocycles. The molecule has 1 fully saturated rings. The van der Waals surface area contributed by atoms with Gasteiger partial charge in [0.05, 0.1) is 18.3 Å². The molecule has 1 atom stereocenters. The number of carbonyl (C=O) groups excluding carboxylic acids is 1. The zero-order valence-corrected chi connectivity index (χ0v) is 16.2.